The summed E-state index contributed by atoms with van der Waals surface area (Å²) in [7, 11) is 2.40. The van der Waals surface area contributed by atoms with Crippen molar-refractivity contribution < 1.29 is 23.8 Å². The number of hydrogen-bond acceptors (Lipinski definition) is 4. The van der Waals surface area contributed by atoms with Crippen LogP contribution in [0.2, 0.25) is 0 Å². The van der Waals surface area contributed by atoms with Gasteiger partial charge in [-0.1, -0.05) is 0 Å². The lowest BCUT2D eigenvalue weighted by atomic mass is 10.2. The van der Waals surface area contributed by atoms with Gasteiger partial charge >= 0.3 is 5.97 Å². The molecule has 76 valence electrons. The summed E-state index contributed by atoms with van der Waals surface area (Å²) in [6.07, 6.45) is 0. The lowest BCUT2D eigenvalue weighted by molar-refractivity contribution is 0.0596. The molecule has 0 bridgehead atoms. The molecule has 1 rings (SSSR count). The Hall–Kier alpha value is -1.78. The van der Waals surface area contributed by atoms with E-state index in [1.807, 2.05) is 0 Å². The molecule has 1 aromatic carbocycles. The van der Waals surface area contributed by atoms with Crippen molar-refractivity contribution in [3.05, 3.63) is 23.5 Å². The number of ether oxygens (including phenoxy) is 2. The zero-order valence-electron chi connectivity index (χ0n) is 7.70. The molecule has 0 radical (unpaired) electrons. The Morgan fingerprint density at radius 3 is 2.57 bits per heavy atom. The number of phenolic OH excluding ortho intramolecular Hbond substituents is 1. The first kappa shape index (κ1) is 10.3. The van der Waals surface area contributed by atoms with E-state index in [4.69, 9.17) is 0 Å². The highest BCUT2D eigenvalue weighted by atomic mass is 19.1. The average molecular weight is 200 g/mol. The van der Waals surface area contributed by atoms with Crippen molar-refractivity contribution in [2.24, 2.45) is 0 Å². The van der Waals surface area contributed by atoms with Crippen LogP contribution < -0.4 is 4.74 Å². The number of phenols is 1. The molecule has 14 heavy (non-hydrogen) atoms. The number of halogens is 1. The van der Waals surface area contributed by atoms with Crippen molar-refractivity contribution in [1.29, 1.82) is 0 Å². The SMILES string of the molecule is COC(=O)c1cc(F)cc(OC)c1O. The van der Waals surface area contributed by atoms with Crippen LogP contribution in [0.1, 0.15) is 10.4 Å². The molecule has 0 heterocycles. The minimum absolute atomic E-state index is 0.106. The second kappa shape index (κ2) is 3.95. The Morgan fingerprint density at radius 2 is 2.07 bits per heavy atom. The van der Waals surface area contributed by atoms with Crippen LogP contribution in [0.3, 0.4) is 0 Å². The second-order valence-corrected chi connectivity index (χ2v) is 2.50. The molecular weight excluding hydrogens is 191 g/mol. The topological polar surface area (TPSA) is 55.8 Å². The molecule has 0 fully saturated rings. The zero-order chi connectivity index (χ0) is 10.7. The molecular formula is C9H9FO4. The Morgan fingerprint density at radius 1 is 1.43 bits per heavy atom. The number of carbonyl (C=O) groups excluding carboxylic acids is 1. The second-order valence-electron chi connectivity index (χ2n) is 2.50. The standard InChI is InChI=1S/C9H9FO4/c1-13-7-4-5(10)3-6(8(7)11)9(12)14-2/h3-4,11H,1-2H3. The van der Waals surface area contributed by atoms with Crippen molar-refractivity contribution in [2.75, 3.05) is 14.2 Å². The molecule has 0 atom stereocenters. The van der Waals surface area contributed by atoms with Crippen molar-refractivity contribution in [3.63, 3.8) is 0 Å². The van der Waals surface area contributed by atoms with Crippen molar-refractivity contribution in [1.82, 2.24) is 0 Å². The maximum Gasteiger partial charge on any atom is 0.341 e. The van der Waals surface area contributed by atoms with Crippen LogP contribution in [-0.2, 0) is 4.74 Å². The van der Waals surface area contributed by atoms with E-state index in [1.54, 1.807) is 0 Å². The highest BCUT2D eigenvalue weighted by Gasteiger charge is 2.17. The van der Waals surface area contributed by atoms with Crippen LogP contribution in [0.25, 0.3) is 0 Å². The van der Waals surface area contributed by atoms with Gasteiger partial charge < -0.3 is 14.6 Å². The predicted octanol–water partition coefficient (Wildman–Crippen LogP) is 1.33. The molecule has 1 N–H and O–H groups in total. The summed E-state index contributed by atoms with van der Waals surface area (Å²) in [6.45, 7) is 0. The van der Waals surface area contributed by atoms with Crippen LogP contribution in [0, 0.1) is 5.82 Å². The third-order valence-electron chi connectivity index (χ3n) is 1.66. The summed E-state index contributed by atoms with van der Waals surface area (Å²) in [6, 6.07) is 1.85. The van der Waals surface area contributed by atoms with Crippen LogP contribution in [0.5, 0.6) is 11.5 Å². The van der Waals surface area contributed by atoms with E-state index in [9.17, 15) is 14.3 Å². The summed E-state index contributed by atoms with van der Waals surface area (Å²) < 4.78 is 21.9. The molecule has 0 saturated heterocycles. The monoisotopic (exact) mass is 200 g/mol. The number of hydrogen-bond donors (Lipinski definition) is 1. The third kappa shape index (κ3) is 1.76. The maximum absolute atomic E-state index is 12.9. The van der Waals surface area contributed by atoms with E-state index in [0.29, 0.717) is 0 Å². The van der Waals surface area contributed by atoms with Gasteiger partial charge in [0.25, 0.3) is 0 Å². The number of esters is 1. The Kier molecular flexibility index (Phi) is 2.91. The Bertz CT molecular complexity index is 362. The van der Waals surface area contributed by atoms with E-state index < -0.39 is 17.5 Å². The molecule has 0 aliphatic rings. The quantitative estimate of drug-likeness (QED) is 0.731. The molecule has 0 aromatic heterocycles. The average Bonchev–Trinajstić information content (AvgIpc) is 2.19. The summed E-state index contributed by atoms with van der Waals surface area (Å²) in [5.74, 6) is -2.04. The predicted molar refractivity (Wildman–Crippen MR) is 46.0 cm³/mol. The summed E-state index contributed by atoms with van der Waals surface area (Å²) in [4.78, 5) is 11.1. The fourth-order valence-corrected chi connectivity index (χ4v) is 0.995. The highest BCUT2D eigenvalue weighted by molar-refractivity contribution is 5.93. The molecule has 0 aliphatic heterocycles. The van der Waals surface area contributed by atoms with Crippen LogP contribution in [0.15, 0.2) is 12.1 Å². The highest BCUT2D eigenvalue weighted by Crippen LogP contribution is 2.31. The number of rotatable bonds is 2. The molecule has 0 unspecified atom stereocenters. The van der Waals surface area contributed by atoms with Gasteiger partial charge in [0.15, 0.2) is 11.5 Å². The van der Waals surface area contributed by atoms with Gasteiger partial charge in [0, 0.05) is 6.07 Å². The minimum Gasteiger partial charge on any atom is -0.504 e. The first-order valence-electron chi connectivity index (χ1n) is 3.75. The Labute approximate surface area is 79.9 Å². The van der Waals surface area contributed by atoms with E-state index >= 15 is 0 Å². The van der Waals surface area contributed by atoms with Crippen molar-refractivity contribution in [3.8, 4) is 11.5 Å². The minimum atomic E-state index is -0.819. The van der Waals surface area contributed by atoms with E-state index in [2.05, 4.69) is 9.47 Å². The van der Waals surface area contributed by atoms with E-state index in [0.717, 1.165) is 19.2 Å². The lowest BCUT2D eigenvalue weighted by Gasteiger charge is -2.07. The van der Waals surface area contributed by atoms with Crippen molar-refractivity contribution >= 4 is 5.97 Å². The molecule has 0 amide bonds. The molecule has 0 aliphatic carbocycles. The number of carbonyl (C=O) groups is 1. The van der Waals surface area contributed by atoms with E-state index in [1.165, 1.54) is 7.11 Å². The van der Waals surface area contributed by atoms with E-state index in [-0.39, 0.29) is 11.3 Å². The number of aromatic hydroxyl groups is 1. The molecule has 0 saturated carbocycles. The van der Waals surface area contributed by atoms with Gasteiger partial charge in [-0.25, -0.2) is 9.18 Å². The normalized spacial score (nSPS) is 9.64. The van der Waals surface area contributed by atoms with Crippen LogP contribution in [0.4, 0.5) is 4.39 Å². The van der Waals surface area contributed by atoms with Gasteiger partial charge in [0.2, 0.25) is 0 Å². The van der Waals surface area contributed by atoms with Crippen molar-refractivity contribution in [2.45, 2.75) is 0 Å². The third-order valence-corrected chi connectivity index (χ3v) is 1.66. The molecule has 5 heteroatoms. The Balaban J connectivity index is 3.29. The van der Waals surface area contributed by atoms with Gasteiger partial charge in [-0.3, -0.25) is 0 Å². The molecule has 0 spiro atoms. The molecule has 4 nitrogen and oxygen atoms in total. The fraction of sp³-hybridized carbons (Fsp3) is 0.222. The largest absolute Gasteiger partial charge is 0.504 e. The van der Waals surface area contributed by atoms with Gasteiger partial charge in [-0.2, -0.15) is 0 Å². The fourth-order valence-electron chi connectivity index (χ4n) is 0.995. The first-order valence-corrected chi connectivity index (χ1v) is 3.75. The van der Waals surface area contributed by atoms with Gasteiger partial charge in [-0.15, -0.1) is 0 Å². The summed E-state index contributed by atoms with van der Waals surface area (Å²) in [5, 5.41) is 9.42. The van der Waals surface area contributed by atoms with Gasteiger partial charge in [0.05, 0.1) is 14.2 Å². The summed E-state index contributed by atoms with van der Waals surface area (Å²) in [5.41, 5.74) is -0.260. The summed E-state index contributed by atoms with van der Waals surface area (Å²) >= 11 is 0. The van der Waals surface area contributed by atoms with Crippen LogP contribution in [-0.4, -0.2) is 25.3 Å². The first-order chi connectivity index (χ1) is 6.60. The van der Waals surface area contributed by atoms with Gasteiger partial charge in [0.1, 0.15) is 11.4 Å². The number of methoxy groups -OCH3 is 2. The lowest BCUT2D eigenvalue weighted by Crippen LogP contribution is -2.03. The van der Waals surface area contributed by atoms with Gasteiger partial charge in [-0.05, 0) is 6.07 Å². The van der Waals surface area contributed by atoms with Crippen LogP contribution >= 0.6 is 0 Å². The smallest absolute Gasteiger partial charge is 0.341 e. The maximum atomic E-state index is 12.9. The molecule has 1 aromatic rings. The zero-order valence-corrected chi connectivity index (χ0v) is 7.70. The number of benzene rings is 1.